The van der Waals surface area contributed by atoms with Gasteiger partial charge in [-0.15, -0.1) is 0 Å². The number of rotatable bonds is 6. The van der Waals surface area contributed by atoms with Crippen molar-refractivity contribution in [2.75, 3.05) is 19.8 Å². The quantitative estimate of drug-likeness (QED) is 0.890. The van der Waals surface area contributed by atoms with Gasteiger partial charge in [-0.25, -0.2) is 0 Å². The van der Waals surface area contributed by atoms with E-state index >= 15 is 0 Å². The first kappa shape index (κ1) is 15.2. The summed E-state index contributed by atoms with van der Waals surface area (Å²) in [5, 5.41) is 2.85. The lowest BCUT2D eigenvalue weighted by Crippen LogP contribution is -2.41. The van der Waals surface area contributed by atoms with Crippen LogP contribution in [0.15, 0.2) is 54.6 Å². The van der Waals surface area contributed by atoms with E-state index in [-0.39, 0.29) is 12.0 Å². The third-order valence-corrected chi connectivity index (χ3v) is 3.44. The van der Waals surface area contributed by atoms with Gasteiger partial charge < -0.3 is 19.5 Å². The van der Waals surface area contributed by atoms with Crippen molar-refractivity contribution in [2.45, 2.75) is 12.5 Å². The van der Waals surface area contributed by atoms with Crippen LogP contribution in [0.3, 0.4) is 0 Å². The summed E-state index contributed by atoms with van der Waals surface area (Å²) in [6.07, 6.45) is 0.128. The number of hydrogen-bond acceptors (Lipinski definition) is 4. The highest BCUT2D eigenvalue weighted by Gasteiger charge is 2.20. The summed E-state index contributed by atoms with van der Waals surface area (Å²) >= 11 is 0. The molecule has 5 heteroatoms. The molecule has 1 aliphatic heterocycles. The van der Waals surface area contributed by atoms with E-state index in [0.717, 1.165) is 11.5 Å². The van der Waals surface area contributed by atoms with Crippen LogP contribution in [-0.2, 0) is 4.79 Å². The standard InChI is InChI=1S/C18H19NO4/c20-18(10-11-21-14-6-2-1-3-7-14)19-12-15-13-22-16-8-4-5-9-17(16)23-15/h1-9,15H,10-13H2,(H,19,20). The van der Waals surface area contributed by atoms with Gasteiger partial charge in [-0.2, -0.15) is 0 Å². The van der Waals surface area contributed by atoms with Crippen molar-refractivity contribution in [1.82, 2.24) is 5.32 Å². The maximum Gasteiger partial charge on any atom is 0.223 e. The van der Waals surface area contributed by atoms with E-state index in [1.54, 1.807) is 0 Å². The number of benzene rings is 2. The largest absolute Gasteiger partial charge is 0.493 e. The Balaban J connectivity index is 1.37. The van der Waals surface area contributed by atoms with Crippen LogP contribution >= 0.6 is 0 Å². The summed E-state index contributed by atoms with van der Waals surface area (Å²) in [7, 11) is 0. The Morgan fingerprint density at radius 1 is 1.09 bits per heavy atom. The predicted octanol–water partition coefficient (Wildman–Crippen LogP) is 2.41. The van der Waals surface area contributed by atoms with Gasteiger partial charge in [0.1, 0.15) is 18.5 Å². The van der Waals surface area contributed by atoms with Gasteiger partial charge in [0.25, 0.3) is 0 Å². The van der Waals surface area contributed by atoms with Crippen LogP contribution < -0.4 is 19.5 Å². The molecule has 0 saturated heterocycles. The van der Waals surface area contributed by atoms with Crippen molar-refractivity contribution in [3.8, 4) is 17.2 Å². The molecule has 2 aromatic rings. The van der Waals surface area contributed by atoms with Crippen molar-refractivity contribution < 1.29 is 19.0 Å². The summed E-state index contributed by atoms with van der Waals surface area (Å²) < 4.78 is 16.9. The molecule has 1 aliphatic rings. The fraction of sp³-hybridized carbons (Fsp3) is 0.278. The zero-order valence-electron chi connectivity index (χ0n) is 12.7. The van der Waals surface area contributed by atoms with Crippen molar-refractivity contribution in [3.63, 3.8) is 0 Å². The number of carbonyl (C=O) groups excluding carboxylic acids is 1. The van der Waals surface area contributed by atoms with E-state index in [1.807, 2.05) is 54.6 Å². The van der Waals surface area contributed by atoms with Crippen LogP contribution in [0.1, 0.15) is 6.42 Å². The highest BCUT2D eigenvalue weighted by atomic mass is 16.6. The summed E-state index contributed by atoms with van der Waals surface area (Å²) in [6.45, 7) is 1.19. The number of ether oxygens (including phenoxy) is 3. The molecule has 23 heavy (non-hydrogen) atoms. The minimum absolute atomic E-state index is 0.0663. The minimum Gasteiger partial charge on any atom is -0.493 e. The van der Waals surface area contributed by atoms with E-state index in [1.165, 1.54) is 0 Å². The predicted molar refractivity (Wildman–Crippen MR) is 85.9 cm³/mol. The molecule has 0 aliphatic carbocycles. The first-order valence-electron chi connectivity index (χ1n) is 7.64. The Labute approximate surface area is 135 Å². The molecular formula is C18H19NO4. The third kappa shape index (κ3) is 4.39. The number of nitrogens with one attached hydrogen (secondary N) is 1. The van der Waals surface area contributed by atoms with Crippen LogP contribution in [0.5, 0.6) is 17.2 Å². The number of para-hydroxylation sites is 3. The smallest absolute Gasteiger partial charge is 0.223 e. The van der Waals surface area contributed by atoms with E-state index in [2.05, 4.69) is 5.32 Å². The van der Waals surface area contributed by atoms with Crippen LogP contribution in [0, 0.1) is 0 Å². The fourth-order valence-electron chi connectivity index (χ4n) is 2.26. The average Bonchev–Trinajstić information content (AvgIpc) is 2.61. The number of fused-ring (bicyclic) bond motifs is 1. The Bertz CT molecular complexity index is 644. The highest BCUT2D eigenvalue weighted by molar-refractivity contribution is 5.76. The Kier molecular flexibility index (Phi) is 4.99. The SMILES string of the molecule is O=C(CCOc1ccccc1)NCC1COc2ccccc2O1. The molecule has 1 atom stereocenters. The van der Waals surface area contributed by atoms with E-state index in [4.69, 9.17) is 14.2 Å². The van der Waals surface area contributed by atoms with Gasteiger partial charge in [0, 0.05) is 0 Å². The topological polar surface area (TPSA) is 56.8 Å². The summed E-state index contributed by atoms with van der Waals surface area (Å²) in [5.41, 5.74) is 0. The fourth-order valence-corrected chi connectivity index (χ4v) is 2.26. The molecule has 0 saturated carbocycles. The van der Waals surface area contributed by atoms with Gasteiger partial charge in [-0.05, 0) is 24.3 Å². The van der Waals surface area contributed by atoms with Crippen molar-refractivity contribution in [1.29, 1.82) is 0 Å². The molecule has 1 N–H and O–H groups in total. The summed E-state index contributed by atoms with van der Waals surface area (Å²) in [4.78, 5) is 11.8. The minimum atomic E-state index is -0.177. The second-order valence-electron chi connectivity index (χ2n) is 5.21. The van der Waals surface area contributed by atoms with Gasteiger partial charge in [0.05, 0.1) is 19.6 Å². The zero-order chi connectivity index (χ0) is 15.9. The second-order valence-corrected chi connectivity index (χ2v) is 5.21. The van der Waals surface area contributed by atoms with Crippen LogP contribution in [-0.4, -0.2) is 31.8 Å². The molecule has 120 valence electrons. The first-order valence-corrected chi connectivity index (χ1v) is 7.64. The van der Waals surface area contributed by atoms with Crippen LogP contribution in [0.25, 0.3) is 0 Å². The van der Waals surface area contributed by atoms with Crippen LogP contribution in [0.4, 0.5) is 0 Å². The lowest BCUT2D eigenvalue weighted by atomic mass is 10.2. The lowest BCUT2D eigenvalue weighted by molar-refractivity contribution is -0.122. The first-order chi connectivity index (χ1) is 11.3. The molecule has 0 aromatic heterocycles. The highest BCUT2D eigenvalue weighted by Crippen LogP contribution is 2.30. The Morgan fingerprint density at radius 3 is 2.65 bits per heavy atom. The number of carbonyl (C=O) groups is 1. The Hall–Kier alpha value is -2.69. The number of amides is 1. The zero-order valence-corrected chi connectivity index (χ0v) is 12.7. The van der Waals surface area contributed by atoms with E-state index < -0.39 is 0 Å². The van der Waals surface area contributed by atoms with E-state index in [0.29, 0.717) is 31.9 Å². The average molecular weight is 313 g/mol. The maximum absolute atomic E-state index is 11.8. The van der Waals surface area contributed by atoms with Crippen molar-refractivity contribution >= 4 is 5.91 Å². The maximum atomic E-state index is 11.8. The van der Waals surface area contributed by atoms with Gasteiger partial charge >= 0.3 is 0 Å². The molecule has 1 heterocycles. The monoisotopic (exact) mass is 313 g/mol. The van der Waals surface area contributed by atoms with E-state index in [9.17, 15) is 4.79 Å². The van der Waals surface area contributed by atoms with Gasteiger partial charge in [0.15, 0.2) is 11.5 Å². The molecular weight excluding hydrogens is 294 g/mol. The normalized spacial score (nSPS) is 15.7. The number of hydrogen-bond donors (Lipinski definition) is 1. The molecule has 0 spiro atoms. The van der Waals surface area contributed by atoms with Crippen molar-refractivity contribution in [2.24, 2.45) is 0 Å². The molecule has 0 radical (unpaired) electrons. The molecule has 1 unspecified atom stereocenters. The van der Waals surface area contributed by atoms with Gasteiger partial charge in [-0.3, -0.25) is 4.79 Å². The molecule has 5 nitrogen and oxygen atoms in total. The molecule has 2 aromatic carbocycles. The lowest BCUT2D eigenvalue weighted by Gasteiger charge is -2.26. The van der Waals surface area contributed by atoms with Gasteiger partial charge in [-0.1, -0.05) is 30.3 Å². The van der Waals surface area contributed by atoms with Gasteiger partial charge in [0.2, 0.25) is 5.91 Å². The van der Waals surface area contributed by atoms with Crippen LogP contribution in [0.2, 0.25) is 0 Å². The summed E-state index contributed by atoms with van der Waals surface area (Å²) in [6, 6.07) is 17.0. The molecule has 0 fully saturated rings. The third-order valence-electron chi connectivity index (χ3n) is 3.44. The summed E-state index contributed by atoms with van der Waals surface area (Å²) in [5.74, 6) is 2.15. The Morgan fingerprint density at radius 2 is 1.83 bits per heavy atom. The molecule has 3 rings (SSSR count). The second kappa shape index (κ2) is 7.54. The molecule has 0 bridgehead atoms. The van der Waals surface area contributed by atoms with Crippen molar-refractivity contribution in [3.05, 3.63) is 54.6 Å². The molecule has 1 amide bonds.